The fraction of sp³-hybridized carbons (Fsp3) is 0.471. The molecule has 1 aromatic rings. The highest BCUT2D eigenvalue weighted by Gasteiger charge is 2.45. The van der Waals surface area contributed by atoms with Crippen molar-refractivity contribution in [2.24, 2.45) is 0 Å². The average Bonchev–Trinajstić information content (AvgIpc) is 3.26. The summed E-state index contributed by atoms with van der Waals surface area (Å²) in [6.07, 6.45) is 7.31. The lowest BCUT2D eigenvalue weighted by Crippen LogP contribution is -2.19. The molecule has 3 atom stereocenters. The highest BCUT2D eigenvalue weighted by atomic mass is 32.2. The van der Waals surface area contributed by atoms with Gasteiger partial charge in [-0.3, -0.25) is 4.21 Å². The van der Waals surface area contributed by atoms with E-state index in [2.05, 4.69) is 36.4 Å². The third-order valence-corrected chi connectivity index (χ3v) is 7.01. The summed E-state index contributed by atoms with van der Waals surface area (Å²) < 4.78 is 12.1. The Morgan fingerprint density at radius 3 is 2.85 bits per heavy atom. The smallest absolute Gasteiger partial charge is 0.0824 e. The number of fused-ring (bicyclic) bond motifs is 2. The van der Waals surface area contributed by atoms with Crippen molar-refractivity contribution in [3.8, 4) is 6.07 Å². The van der Waals surface area contributed by atoms with E-state index in [0.717, 1.165) is 37.7 Å². The first-order valence-electron chi connectivity index (χ1n) is 7.34. The number of nitriles is 1. The van der Waals surface area contributed by atoms with E-state index in [1.54, 1.807) is 0 Å². The lowest BCUT2D eigenvalue weighted by atomic mass is 9.92. The lowest BCUT2D eigenvalue weighted by Gasteiger charge is -2.20. The van der Waals surface area contributed by atoms with Crippen LogP contribution in [0.15, 0.2) is 30.3 Å². The summed E-state index contributed by atoms with van der Waals surface area (Å²) in [7, 11) is -0.653. The van der Waals surface area contributed by atoms with Gasteiger partial charge in [0.05, 0.1) is 16.7 Å². The van der Waals surface area contributed by atoms with Crippen LogP contribution in [0.1, 0.15) is 43.2 Å². The summed E-state index contributed by atoms with van der Waals surface area (Å²) in [6, 6.07) is 10.9. The SMILES string of the molecule is N#CC1(c2cccc(C3=CC4CCC(C3)S4=O)c2)CC1. The number of nitrogens with zero attached hydrogens (tertiary/aromatic N) is 1. The highest BCUT2D eigenvalue weighted by molar-refractivity contribution is 7.86. The molecular weight excluding hydrogens is 266 g/mol. The second kappa shape index (κ2) is 4.30. The van der Waals surface area contributed by atoms with E-state index in [0.29, 0.717) is 5.25 Å². The van der Waals surface area contributed by atoms with Crippen molar-refractivity contribution >= 4 is 16.4 Å². The summed E-state index contributed by atoms with van der Waals surface area (Å²) in [4.78, 5) is 0. The minimum Gasteiger partial charge on any atom is -0.259 e. The molecule has 3 aliphatic rings. The van der Waals surface area contributed by atoms with Crippen LogP contribution in [0, 0.1) is 11.3 Å². The van der Waals surface area contributed by atoms with Gasteiger partial charge < -0.3 is 0 Å². The zero-order valence-electron chi connectivity index (χ0n) is 11.3. The molecule has 0 radical (unpaired) electrons. The molecule has 0 spiro atoms. The van der Waals surface area contributed by atoms with Crippen molar-refractivity contribution in [2.75, 3.05) is 0 Å². The molecule has 2 nitrogen and oxygen atoms in total. The van der Waals surface area contributed by atoms with Crippen LogP contribution in [0.4, 0.5) is 0 Å². The Bertz CT molecular complexity index is 666. The first kappa shape index (κ1) is 12.3. The molecule has 20 heavy (non-hydrogen) atoms. The van der Waals surface area contributed by atoms with Gasteiger partial charge in [-0.25, -0.2) is 0 Å². The van der Waals surface area contributed by atoms with Crippen LogP contribution < -0.4 is 0 Å². The van der Waals surface area contributed by atoms with Crippen molar-refractivity contribution in [2.45, 2.75) is 48.0 Å². The van der Waals surface area contributed by atoms with E-state index in [1.807, 2.05) is 0 Å². The maximum atomic E-state index is 12.1. The molecule has 0 N–H and O–H groups in total. The van der Waals surface area contributed by atoms with Gasteiger partial charge in [0.25, 0.3) is 0 Å². The van der Waals surface area contributed by atoms with Gasteiger partial charge in [0.2, 0.25) is 0 Å². The Balaban J connectivity index is 1.71. The van der Waals surface area contributed by atoms with Crippen LogP contribution in [-0.2, 0) is 16.2 Å². The molecule has 4 rings (SSSR count). The van der Waals surface area contributed by atoms with E-state index in [-0.39, 0.29) is 10.7 Å². The van der Waals surface area contributed by atoms with E-state index >= 15 is 0 Å². The minimum absolute atomic E-state index is 0.215. The highest BCUT2D eigenvalue weighted by Crippen LogP contribution is 2.48. The molecule has 3 heteroatoms. The van der Waals surface area contributed by atoms with Gasteiger partial charge in [-0.15, -0.1) is 0 Å². The fourth-order valence-electron chi connectivity index (χ4n) is 3.52. The molecule has 2 heterocycles. The van der Waals surface area contributed by atoms with Crippen molar-refractivity contribution in [1.29, 1.82) is 5.26 Å². The first-order valence-corrected chi connectivity index (χ1v) is 8.62. The molecule has 1 saturated carbocycles. The second-order valence-electron chi connectivity index (χ2n) is 6.24. The molecule has 2 aliphatic heterocycles. The monoisotopic (exact) mass is 283 g/mol. The number of allylic oxidation sites excluding steroid dienone is 1. The molecule has 2 bridgehead atoms. The Morgan fingerprint density at radius 1 is 1.30 bits per heavy atom. The van der Waals surface area contributed by atoms with Gasteiger partial charge >= 0.3 is 0 Å². The van der Waals surface area contributed by atoms with E-state index in [4.69, 9.17) is 0 Å². The zero-order chi connectivity index (χ0) is 13.7. The van der Waals surface area contributed by atoms with E-state index in [9.17, 15) is 9.47 Å². The second-order valence-corrected chi connectivity index (χ2v) is 8.17. The number of benzene rings is 1. The van der Waals surface area contributed by atoms with Crippen molar-refractivity contribution in [3.63, 3.8) is 0 Å². The van der Waals surface area contributed by atoms with Crippen molar-refractivity contribution in [3.05, 3.63) is 41.5 Å². The standard InChI is InChI=1S/C17H17NOS/c18-11-17(6-7-17)14-3-1-2-12(8-14)13-9-15-4-5-16(10-13)20(15)19/h1-3,8-9,15-16H,4-7,10H2. The Morgan fingerprint density at radius 2 is 2.15 bits per heavy atom. The Labute approximate surface area is 122 Å². The third-order valence-electron chi connectivity index (χ3n) is 4.98. The number of hydrogen-bond acceptors (Lipinski definition) is 2. The topological polar surface area (TPSA) is 40.9 Å². The first-order chi connectivity index (χ1) is 9.72. The maximum Gasteiger partial charge on any atom is 0.0824 e. The average molecular weight is 283 g/mol. The van der Waals surface area contributed by atoms with Crippen LogP contribution >= 0.6 is 0 Å². The molecule has 0 aromatic heterocycles. The molecule has 2 fully saturated rings. The molecule has 1 aromatic carbocycles. The molecule has 1 aliphatic carbocycles. The molecule has 1 saturated heterocycles. The van der Waals surface area contributed by atoms with Crippen LogP contribution in [0.25, 0.3) is 5.57 Å². The van der Waals surface area contributed by atoms with Crippen molar-refractivity contribution in [1.82, 2.24) is 0 Å². The van der Waals surface area contributed by atoms with E-state index < -0.39 is 10.8 Å². The lowest BCUT2D eigenvalue weighted by molar-refractivity contribution is 0.674. The summed E-state index contributed by atoms with van der Waals surface area (Å²) >= 11 is 0. The largest absolute Gasteiger partial charge is 0.259 e. The number of rotatable bonds is 2. The van der Waals surface area contributed by atoms with E-state index in [1.165, 1.54) is 11.1 Å². The predicted octanol–water partition coefficient (Wildman–Crippen LogP) is 3.31. The minimum atomic E-state index is -0.653. The molecule has 0 amide bonds. The Hall–Kier alpha value is -1.40. The number of hydrogen-bond donors (Lipinski definition) is 0. The normalized spacial score (nSPS) is 33.4. The van der Waals surface area contributed by atoms with Crippen molar-refractivity contribution < 1.29 is 4.21 Å². The van der Waals surface area contributed by atoms with Gasteiger partial charge in [0.15, 0.2) is 0 Å². The summed E-state index contributed by atoms with van der Waals surface area (Å²) in [5.74, 6) is 0. The quantitative estimate of drug-likeness (QED) is 0.835. The maximum absolute atomic E-state index is 12.1. The summed E-state index contributed by atoms with van der Waals surface area (Å²) in [5.41, 5.74) is 3.52. The Kier molecular flexibility index (Phi) is 2.65. The van der Waals surface area contributed by atoms with Crippen LogP contribution in [0.3, 0.4) is 0 Å². The summed E-state index contributed by atoms with van der Waals surface area (Å²) in [6.45, 7) is 0. The summed E-state index contributed by atoms with van der Waals surface area (Å²) in [5, 5.41) is 9.95. The zero-order valence-corrected chi connectivity index (χ0v) is 12.2. The van der Waals surface area contributed by atoms with Gasteiger partial charge in [-0.2, -0.15) is 5.26 Å². The van der Waals surface area contributed by atoms with Crippen LogP contribution in [0.2, 0.25) is 0 Å². The molecule has 3 unspecified atom stereocenters. The van der Waals surface area contributed by atoms with Crippen LogP contribution in [-0.4, -0.2) is 14.7 Å². The van der Waals surface area contributed by atoms with Gasteiger partial charge in [0.1, 0.15) is 0 Å². The van der Waals surface area contributed by atoms with Crippen LogP contribution in [0.5, 0.6) is 0 Å². The van der Waals surface area contributed by atoms with Gasteiger partial charge in [0, 0.05) is 16.0 Å². The molecular formula is C17H17NOS. The predicted molar refractivity (Wildman–Crippen MR) is 80.5 cm³/mol. The van der Waals surface area contributed by atoms with Gasteiger partial charge in [-0.1, -0.05) is 24.3 Å². The molecule has 102 valence electrons. The van der Waals surface area contributed by atoms with Gasteiger partial charge in [-0.05, 0) is 54.9 Å². The fourth-order valence-corrected chi connectivity index (χ4v) is 5.40. The third kappa shape index (κ3) is 1.78.